The van der Waals surface area contributed by atoms with Crippen molar-refractivity contribution in [3.05, 3.63) is 132 Å². The van der Waals surface area contributed by atoms with Crippen molar-refractivity contribution in [2.24, 2.45) is 4.99 Å². The fraction of sp³-hybridized carbons (Fsp3) is 0.0278. The third-order valence-electron chi connectivity index (χ3n) is 8.19. The monoisotopic (exact) mass is 525 g/mol. The highest BCUT2D eigenvalue weighted by Crippen LogP contribution is 2.33. The molecule has 5 heterocycles. The van der Waals surface area contributed by atoms with Crippen LogP contribution in [0.15, 0.2) is 126 Å². The third kappa shape index (κ3) is 3.20. The molecule has 4 aromatic heterocycles. The normalized spacial score (nSPS) is 12.7. The first kappa shape index (κ1) is 22.3. The van der Waals surface area contributed by atoms with E-state index in [1.54, 1.807) is 0 Å². The Kier molecular flexibility index (Phi) is 4.61. The summed E-state index contributed by atoms with van der Waals surface area (Å²) in [5.74, 6) is 0.817. The molecule has 41 heavy (non-hydrogen) atoms. The number of hydrogen-bond acceptors (Lipinski definition) is 3. The second-order valence-corrected chi connectivity index (χ2v) is 10.5. The number of hydrogen-bond donors (Lipinski definition) is 0. The number of rotatable bonds is 3. The van der Waals surface area contributed by atoms with E-state index in [0.29, 0.717) is 6.54 Å². The number of fused-ring (bicyclic) bond motifs is 8. The topological polar surface area (TPSA) is 48.0 Å². The zero-order valence-electron chi connectivity index (χ0n) is 22.1. The first-order chi connectivity index (χ1) is 20.3. The Hall–Kier alpha value is -5.55. The number of pyridine rings is 2. The average Bonchev–Trinajstić information content (AvgIpc) is 3.72. The van der Waals surface area contributed by atoms with Gasteiger partial charge in [0, 0.05) is 44.2 Å². The Morgan fingerprint density at radius 2 is 1.37 bits per heavy atom. The van der Waals surface area contributed by atoms with E-state index >= 15 is 0 Å². The summed E-state index contributed by atoms with van der Waals surface area (Å²) in [4.78, 5) is 14.9. The van der Waals surface area contributed by atoms with E-state index in [-0.39, 0.29) is 0 Å². The molecule has 1 aliphatic rings. The van der Waals surface area contributed by atoms with Crippen molar-refractivity contribution < 1.29 is 0 Å². The summed E-state index contributed by atoms with van der Waals surface area (Å²) in [6, 6.07) is 40.4. The van der Waals surface area contributed by atoms with Crippen LogP contribution in [0, 0.1) is 0 Å². The Morgan fingerprint density at radius 3 is 2.20 bits per heavy atom. The van der Waals surface area contributed by atoms with Gasteiger partial charge in [0.1, 0.15) is 17.0 Å². The third-order valence-corrected chi connectivity index (χ3v) is 8.19. The lowest BCUT2D eigenvalue weighted by Gasteiger charge is -2.11. The van der Waals surface area contributed by atoms with Crippen LogP contribution in [0.25, 0.3) is 72.5 Å². The first-order valence-electron chi connectivity index (χ1n) is 13.8. The Morgan fingerprint density at radius 1 is 0.634 bits per heavy atom. The Balaban J connectivity index is 1.24. The zero-order chi connectivity index (χ0) is 26.9. The standard InChI is InChI=1S/C36H23N5/c1-2-12-26-24(9-1)22-38-36-34(26)29-19-20-37-35(29)41(36)33-18-8-15-30(39-33)23-10-7-11-25(21-23)40-31-16-5-3-13-27(31)28-14-4-6-17-32(28)40/h1-19,21-22H,20H2. The van der Waals surface area contributed by atoms with Gasteiger partial charge in [0.2, 0.25) is 0 Å². The molecular weight excluding hydrogens is 502 g/mol. The molecule has 0 radical (unpaired) electrons. The minimum Gasteiger partial charge on any atom is -0.309 e. The summed E-state index contributed by atoms with van der Waals surface area (Å²) in [6.45, 7) is 0.671. The minimum atomic E-state index is 0.671. The quantitative estimate of drug-likeness (QED) is 0.256. The van der Waals surface area contributed by atoms with Crippen LogP contribution in [0.3, 0.4) is 0 Å². The van der Waals surface area contributed by atoms with Crippen LogP contribution < -0.4 is 10.7 Å². The van der Waals surface area contributed by atoms with Crippen molar-refractivity contribution in [2.75, 3.05) is 6.54 Å². The molecule has 1 aliphatic heterocycles. The molecule has 5 heteroatoms. The SMILES string of the molecule is C1=c2c(n(-c3cccc(-c4cccc(-n5c6ccccc6c6ccccc65)c4)n3)c3ncc4ccccc4c23)=NC1. The van der Waals surface area contributed by atoms with Crippen LogP contribution in [0.4, 0.5) is 0 Å². The molecule has 0 fully saturated rings. The number of benzene rings is 4. The van der Waals surface area contributed by atoms with Gasteiger partial charge in [0.15, 0.2) is 0 Å². The Labute approximate surface area is 235 Å². The highest BCUT2D eigenvalue weighted by molar-refractivity contribution is 6.09. The average molecular weight is 526 g/mol. The lowest BCUT2D eigenvalue weighted by Crippen LogP contribution is -2.26. The van der Waals surface area contributed by atoms with Crippen molar-refractivity contribution in [1.82, 2.24) is 19.1 Å². The van der Waals surface area contributed by atoms with Crippen LogP contribution >= 0.6 is 0 Å². The summed E-state index contributed by atoms with van der Waals surface area (Å²) in [6.07, 6.45) is 4.14. The molecule has 0 amide bonds. The van der Waals surface area contributed by atoms with Gasteiger partial charge >= 0.3 is 0 Å². The van der Waals surface area contributed by atoms with E-state index in [0.717, 1.165) is 49.9 Å². The molecule has 0 spiro atoms. The second kappa shape index (κ2) is 8.47. The second-order valence-electron chi connectivity index (χ2n) is 10.5. The molecule has 4 aromatic carbocycles. The molecule has 0 bridgehead atoms. The molecule has 0 saturated carbocycles. The van der Waals surface area contributed by atoms with Crippen LogP contribution in [-0.2, 0) is 0 Å². The van der Waals surface area contributed by atoms with Gasteiger partial charge in [0.05, 0.1) is 23.3 Å². The molecule has 0 atom stereocenters. The maximum Gasteiger partial charge on any atom is 0.148 e. The zero-order valence-corrected chi connectivity index (χ0v) is 22.1. The lowest BCUT2D eigenvalue weighted by atomic mass is 10.1. The van der Waals surface area contributed by atoms with Gasteiger partial charge in [-0.15, -0.1) is 0 Å². The summed E-state index contributed by atoms with van der Waals surface area (Å²) in [5, 5.41) is 7.11. The largest absolute Gasteiger partial charge is 0.309 e. The highest BCUT2D eigenvalue weighted by atomic mass is 15.1. The van der Waals surface area contributed by atoms with E-state index < -0.39 is 0 Å². The fourth-order valence-electron chi connectivity index (χ4n) is 6.42. The molecular formula is C36H23N5. The van der Waals surface area contributed by atoms with Crippen molar-refractivity contribution in [1.29, 1.82) is 0 Å². The van der Waals surface area contributed by atoms with Crippen LogP contribution in [-0.4, -0.2) is 25.6 Å². The van der Waals surface area contributed by atoms with E-state index in [1.807, 2.05) is 12.3 Å². The lowest BCUT2D eigenvalue weighted by molar-refractivity contribution is 0.941. The number of para-hydroxylation sites is 2. The van der Waals surface area contributed by atoms with Gasteiger partial charge in [-0.25, -0.2) is 9.97 Å². The number of aromatic nitrogens is 4. The molecule has 0 saturated heterocycles. The summed E-state index contributed by atoms with van der Waals surface area (Å²) < 4.78 is 4.45. The van der Waals surface area contributed by atoms with Gasteiger partial charge in [-0.1, -0.05) is 84.9 Å². The van der Waals surface area contributed by atoms with Crippen molar-refractivity contribution >= 4 is 49.7 Å². The molecule has 0 aliphatic carbocycles. The van der Waals surface area contributed by atoms with Gasteiger partial charge < -0.3 is 4.57 Å². The van der Waals surface area contributed by atoms with E-state index in [4.69, 9.17) is 15.0 Å². The predicted molar refractivity (Wildman–Crippen MR) is 166 cm³/mol. The minimum absolute atomic E-state index is 0.671. The molecule has 8 aromatic rings. The van der Waals surface area contributed by atoms with E-state index in [2.05, 4.69) is 124 Å². The van der Waals surface area contributed by atoms with Crippen molar-refractivity contribution in [3.63, 3.8) is 0 Å². The molecule has 9 rings (SSSR count). The van der Waals surface area contributed by atoms with Gasteiger partial charge in [-0.3, -0.25) is 9.56 Å². The van der Waals surface area contributed by atoms with Gasteiger partial charge in [-0.05, 0) is 41.8 Å². The predicted octanol–water partition coefficient (Wildman–Crippen LogP) is 6.75. The maximum atomic E-state index is 5.18. The van der Waals surface area contributed by atoms with Crippen molar-refractivity contribution in [3.8, 4) is 22.8 Å². The molecule has 0 unspecified atom stereocenters. The smallest absolute Gasteiger partial charge is 0.148 e. The van der Waals surface area contributed by atoms with Gasteiger partial charge in [-0.2, -0.15) is 0 Å². The molecule has 0 N–H and O–H groups in total. The number of nitrogens with zero attached hydrogens (tertiary/aromatic N) is 5. The van der Waals surface area contributed by atoms with Crippen LogP contribution in [0.5, 0.6) is 0 Å². The van der Waals surface area contributed by atoms with Crippen LogP contribution in [0.2, 0.25) is 0 Å². The summed E-state index contributed by atoms with van der Waals surface area (Å²) in [7, 11) is 0. The van der Waals surface area contributed by atoms with Crippen molar-refractivity contribution in [2.45, 2.75) is 0 Å². The molecule has 5 nitrogen and oxygen atoms in total. The van der Waals surface area contributed by atoms with Gasteiger partial charge in [0.25, 0.3) is 0 Å². The summed E-state index contributed by atoms with van der Waals surface area (Å²) in [5.41, 5.74) is 7.27. The summed E-state index contributed by atoms with van der Waals surface area (Å²) >= 11 is 0. The highest BCUT2D eigenvalue weighted by Gasteiger charge is 2.18. The van der Waals surface area contributed by atoms with E-state index in [1.165, 1.54) is 27.2 Å². The fourth-order valence-corrected chi connectivity index (χ4v) is 6.42. The molecule has 192 valence electrons. The Bertz CT molecular complexity index is 2410. The van der Waals surface area contributed by atoms with E-state index in [9.17, 15) is 0 Å². The maximum absolute atomic E-state index is 5.18. The van der Waals surface area contributed by atoms with Crippen LogP contribution in [0.1, 0.15) is 0 Å². The first-order valence-corrected chi connectivity index (χ1v) is 13.8.